The highest BCUT2D eigenvalue weighted by atomic mass is 16.5. The van der Waals surface area contributed by atoms with Gasteiger partial charge in [0.15, 0.2) is 0 Å². The number of ether oxygens (including phenoxy) is 1. The molecule has 3 aromatic rings. The van der Waals surface area contributed by atoms with E-state index in [2.05, 4.69) is 35.4 Å². The minimum absolute atomic E-state index is 0.408. The summed E-state index contributed by atoms with van der Waals surface area (Å²) in [7, 11) is 0. The molecule has 0 saturated carbocycles. The van der Waals surface area contributed by atoms with E-state index in [1.54, 1.807) is 0 Å². The van der Waals surface area contributed by atoms with Crippen molar-refractivity contribution in [2.24, 2.45) is 5.92 Å². The van der Waals surface area contributed by atoms with Gasteiger partial charge in [-0.05, 0) is 49.2 Å². The molecule has 0 bridgehead atoms. The van der Waals surface area contributed by atoms with Crippen LogP contribution in [0, 0.1) is 12.8 Å². The van der Waals surface area contributed by atoms with Crippen LogP contribution in [0.3, 0.4) is 0 Å². The van der Waals surface area contributed by atoms with Crippen molar-refractivity contribution in [3.05, 3.63) is 71.6 Å². The lowest BCUT2D eigenvalue weighted by molar-refractivity contribution is 0.299. The summed E-state index contributed by atoms with van der Waals surface area (Å²) in [5, 5.41) is 3.51. The molecule has 2 atom stereocenters. The molecule has 4 heteroatoms. The largest absolute Gasteiger partial charge is 0.487 e. The summed E-state index contributed by atoms with van der Waals surface area (Å²) < 4.78 is 11.9. The molecule has 0 radical (unpaired) electrons. The average Bonchev–Trinajstić information content (AvgIpc) is 3.34. The van der Waals surface area contributed by atoms with E-state index in [-0.39, 0.29) is 0 Å². The Morgan fingerprint density at radius 3 is 2.78 bits per heavy atom. The first-order valence-electron chi connectivity index (χ1n) is 9.69. The van der Waals surface area contributed by atoms with Gasteiger partial charge in [0.05, 0.1) is 0 Å². The van der Waals surface area contributed by atoms with E-state index in [0.29, 0.717) is 24.3 Å². The van der Waals surface area contributed by atoms with E-state index >= 15 is 0 Å². The van der Waals surface area contributed by atoms with Gasteiger partial charge >= 0.3 is 0 Å². The summed E-state index contributed by atoms with van der Waals surface area (Å²) >= 11 is 0. The standard InChI is InChI=1S/C23H26N2O2/c1-3-17-13-24-14-21(17)19-10-7-11-20(12-19)26-15-22-16(2)27-23(25-22)18-8-5-4-6-9-18/h4-12,17,21,24H,3,13-15H2,1-2H3/t17-,21+/m0/s1. The van der Waals surface area contributed by atoms with Crippen molar-refractivity contribution in [2.45, 2.75) is 32.8 Å². The van der Waals surface area contributed by atoms with Gasteiger partial charge in [0.25, 0.3) is 0 Å². The lowest BCUT2D eigenvalue weighted by Crippen LogP contribution is -2.09. The summed E-state index contributed by atoms with van der Waals surface area (Å²) in [5.41, 5.74) is 3.17. The number of hydrogen-bond acceptors (Lipinski definition) is 4. The predicted octanol–water partition coefficient (Wildman–Crippen LogP) is 4.94. The molecule has 27 heavy (non-hydrogen) atoms. The SMILES string of the molecule is CC[C@H]1CNC[C@H]1c1cccc(OCc2nc(-c3ccccc3)oc2C)c1. The molecular weight excluding hydrogens is 336 g/mol. The number of oxazole rings is 1. The Labute approximate surface area is 160 Å². The van der Waals surface area contributed by atoms with Crippen LogP contribution >= 0.6 is 0 Å². The maximum Gasteiger partial charge on any atom is 0.226 e. The fourth-order valence-electron chi connectivity index (χ4n) is 3.80. The molecule has 2 aromatic carbocycles. The van der Waals surface area contributed by atoms with Gasteiger partial charge in [0.2, 0.25) is 5.89 Å². The highest BCUT2D eigenvalue weighted by molar-refractivity contribution is 5.53. The lowest BCUT2D eigenvalue weighted by atomic mass is 9.87. The third-order valence-electron chi connectivity index (χ3n) is 5.44. The van der Waals surface area contributed by atoms with Gasteiger partial charge in [0.1, 0.15) is 23.8 Å². The van der Waals surface area contributed by atoms with Crippen molar-refractivity contribution in [1.82, 2.24) is 10.3 Å². The topological polar surface area (TPSA) is 47.3 Å². The Morgan fingerprint density at radius 1 is 1.11 bits per heavy atom. The molecule has 1 aliphatic rings. The number of benzene rings is 2. The van der Waals surface area contributed by atoms with Crippen molar-refractivity contribution < 1.29 is 9.15 Å². The molecule has 0 unspecified atom stereocenters. The summed E-state index contributed by atoms with van der Waals surface area (Å²) in [6.07, 6.45) is 1.20. The number of nitrogens with zero attached hydrogens (tertiary/aromatic N) is 1. The lowest BCUT2D eigenvalue weighted by Gasteiger charge is -2.18. The molecule has 140 valence electrons. The van der Waals surface area contributed by atoms with Crippen LogP contribution < -0.4 is 10.1 Å². The van der Waals surface area contributed by atoms with Crippen molar-refractivity contribution in [3.63, 3.8) is 0 Å². The number of aromatic nitrogens is 1. The zero-order chi connectivity index (χ0) is 18.6. The monoisotopic (exact) mass is 362 g/mol. The van der Waals surface area contributed by atoms with Gasteiger partial charge in [-0.3, -0.25) is 0 Å². The quantitative estimate of drug-likeness (QED) is 0.674. The second-order valence-corrected chi connectivity index (χ2v) is 7.18. The van der Waals surface area contributed by atoms with Crippen LogP contribution in [0.2, 0.25) is 0 Å². The molecule has 1 N–H and O–H groups in total. The highest BCUT2D eigenvalue weighted by Gasteiger charge is 2.27. The van der Waals surface area contributed by atoms with E-state index < -0.39 is 0 Å². The van der Waals surface area contributed by atoms with Gasteiger partial charge < -0.3 is 14.5 Å². The minimum atomic E-state index is 0.408. The summed E-state index contributed by atoms with van der Waals surface area (Å²) in [6.45, 7) is 6.76. The molecule has 4 rings (SSSR count). The van der Waals surface area contributed by atoms with Crippen LogP contribution in [0.5, 0.6) is 5.75 Å². The maximum atomic E-state index is 6.05. The van der Waals surface area contributed by atoms with Crippen molar-refractivity contribution in [1.29, 1.82) is 0 Å². The number of rotatable bonds is 6. The Hall–Kier alpha value is -2.59. The first kappa shape index (κ1) is 17.8. The molecule has 0 amide bonds. The number of nitrogens with one attached hydrogen (secondary N) is 1. The summed E-state index contributed by atoms with van der Waals surface area (Å²) in [5.74, 6) is 3.60. The average molecular weight is 362 g/mol. The van der Waals surface area contributed by atoms with E-state index in [4.69, 9.17) is 9.15 Å². The second kappa shape index (κ2) is 7.97. The third-order valence-corrected chi connectivity index (χ3v) is 5.44. The molecule has 0 aliphatic carbocycles. The van der Waals surface area contributed by atoms with E-state index in [1.165, 1.54) is 12.0 Å². The molecule has 1 aromatic heterocycles. The Balaban J connectivity index is 1.46. The Morgan fingerprint density at radius 2 is 1.96 bits per heavy atom. The van der Waals surface area contributed by atoms with Gasteiger partial charge in [-0.2, -0.15) is 0 Å². The van der Waals surface area contributed by atoms with Crippen LogP contribution in [0.15, 0.2) is 59.0 Å². The van der Waals surface area contributed by atoms with E-state index in [9.17, 15) is 0 Å². The Kier molecular flexibility index (Phi) is 5.26. The number of hydrogen-bond donors (Lipinski definition) is 1. The van der Waals surface area contributed by atoms with E-state index in [0.717, 1.165) is 35.9 Å². The molecule has 2 heterocycles. The third kappa shape index (κ3) is 3.91. The summed E-state index contributed by atoms with van der Waals surface area (Å²) in [6, 6.07) is 18.4. The fourth-order valence-corrected chi connectivity index (χ4v) is 3.80. The minimum Gasteiger partial charge on any atom is -0.487 e. The smallest absolute Gasteiger partial charge is 0.226 e. The first-order chi connectivity index (χ1) is 13.2. The molecule has 1 fully saturated rings. The molecule has 1 aliphatic heterocycles. The van der Waals surface area contributed by atoms with Crippen LogP contribution in [-0.2, 0) is 6.61 Å². The van der Waals surface area contributed by atoms with Gasteiger partial charge in [0, 0.05) is 18.0 Å². The normalized spacial score (nSPS) is 19.3. The first-order valence-corrected chi connectivity index (χ1v) is 9.69. The van der Waals surface area contributed by atoms with Gasteiger partial charge in [-0.15, -0.1) is 0 Å². The Bertz CT molecular complexity index is 888. The highest BCUT2D eigenvalue weighted by Crippen LogP contribution is 2.32. The van der Waals surface area contributed by atoms with Crippen LogP contribution in [0.4, 0.5) is 0 Å². The molecule has 4 nitrogen and oxygen atoms in total. The number of aryl methyl sites for hydroxylation is 1. The van der Waals surface area contributed by atoms with E-state index in [1.807, 2.05) is 43.3 Å². The van der Waals surface area contributed by atoms with Gasteiger partial charge in [-0.25, -0.2) is 4.98 Å². The van der Waals surface area contributed by atoms with Crippen molar-refractivity contribution in [2.75, 3.05) is 13.1 Å². The van der Waals surface area contributed by atoms with Gasteiger partial charge in [-0.1, -0.05) is 43.7 Å². The second-order valence-electron chi connectivity index (χ2n) is 7.18. The van der Waals surface area contributed by atoms with Crippen molar-refractivity contribution in [3.8, 4) is 17.2 Å². The molecule has 0 spiro atoms. The molecular formula is C23H26N2O2. The van der Waals surface area contributed by atoms with Crippen molar-refractivity contribution >= 4 is 0 Å². The van der Waals surface area contributed by atoms with Crippen LogP contribution in [0.25, 0.3) is 11.5 Å². The summed E-state index contributed by atoms with van der Waals surface area (Å²) in [4.78, 5) is 4.62. The van der Waals surface area contributed by atoms with Crippen LogP contribution in [-0.4, -0.2) is 18.1 Å². The predicted molar refractivity (Wildman–Crippen MR) is 107 cm³/mol. The zero-order valence-corrected chi connectivity index (χ0v) is 15.9. The van der Waals surface area contributed by atoms with Crippen LogP contribution in [0.1, 0.15) is 36.3 Å². The maximum absolute atomic E-state index is 6.05. The fraction of sp³-hybridized carbons (Fsp3) is 0.348. The zero-order valence-electron chi connectivity index (χ0n) is 15.9. The molecule has 1 saturated heterocycles.